The third kappa shape index (κ3) is 2.96. The number of aromatic nitrogens is 1. The van der Waals surface area contributed by atoms with Gasteiger partial charge in [0.05, 0.1) is 16.2 Å². The van der Waals surface area contributed by atoms with E-state index < -0.39 is 5.91 Å². The molecule has 1 heterocycles. The fourth-order valence-electron chi connectivity index (χ4n) is 2.38. The molecule has 6 heteroatoms. The largest absolute Gasteiger partial charge is 0.350 e. The molecule has 0 bridgehead atoms. The van der Waals surface area contributed by atoms with Crippen molar-refractivity contribution in [1.82, 2.24) is 4.57 Å². The summed E-state index contributed by atoms with van der Waals surface area (Å²) in [6, 6.07) is 11.9. The van der Waals surface area contributed by atoms with Crippen LogP contribution in [-0.2, 0) is 7.05 Å². The van der Waals surface area contributed by atoms with Crippen LogP contribution in [0, 0.1) is 0 Å². The fourth-order valence-corrected chi connectivity index (χ4v) is 2.72. The highest BCUT2D eigenvalue weighted by Gasteiger charge is 2.15. The molecule has 0 aliphatic carbocycles. The molecule has 116 valence electrons. The van der Waals surface area contributed by atoms with E-state index in [-0.39, 0.29) is 11.0 Å². The molecule has 0 fully saturated rings. The summed E-state index contributed by atoms with van der Waals surface area (Å²) in [7, 11) is 1.78. The predicted molar refractivity (Wildman–Crippen MR) is 93.6 cm³/mol. The van der Waals surface area contributed by atoms with Crippen LogP contribution in [0.3, 0.4) is 0 Å². The minimum absolute atomic E-state index is 0.0437. The Labute approximate surface area is 142 Å². The molecule has 1 aromatic heterocycles. The number of anilines is 1. The van der Waals surface area contributed by atoms with E-state index in [1.165, 1.54) is 12.3 Å². The number of aryl methyl sites for hydroxylation is 1. The molecule has 0 unspecified atom stereocenters. The third-order valence-corrected chi connectivity index (χ3v) is 4.08. The summed E-state index contributed by atoms with van der Waals surface area (Å²) in [5, 5.41) is 3.91. The number of carbonyl (C=O) groups excluding carboxylic acids is 1. The smallest absolute Gasteiger partial charge is 0.261 e. The first kappa shape index (κ1) is 15.6. The van der Waals surface area contributed by atoms with Gasteiger partial charge >= 0.3 is 0 Å². The van der Waals surface area contributed by atoms with Gasteiger partial charge in [0.1, 0.15) is 5.56 Å². The third-order valence-electron chi connectivity index (χ3n) is 3.52. The fraction of sp³-hybridized carbons (Fsp3) is 0.0588. The number of halogens is 2. The lowest BCUT2D eigenvalue weighted by Crippen LogP contribution is -2.23. The van der Waals surface area contributed by atoms with E-state index >= 15 is 0 Å². The summed E-state index contributed by atoms with van der Waals surface area (Å²) in [5.41, 5.74) is 0.839. The number of para-hydroxylation sites is 1. The summed E-state index contributed by atoms with van der Waals surface area (Å²) >= 11 is 11.9. The van der Waals surface area contributed by atoms with Crippen LogP contribution in [0.25, 0.3) is 10.9 Å². The Morgan fingerprint density at radius 2 is 1.87 bits per heavy atom. The molecule has 0 saturated heterocycles. The normalized spacial score (nSPS) is 10.7. The van der Waals surface area contributed by atoms with Crippen molar-refractivity contribution in [3.63, 3.8) is 0 Å². The van der Waals surface area contributed by atoms with E-state index in [1.807, 2.05) is 12.1 Å². The zero-order valence-electron chi connectivity index (χ0n) is 12.1. The SMILES string of the molecule is Cn1cc(C(=O)Nc2cc(Cl)ccc2Cl)c(=O)c2ccccc21. The van der Waals surface area contributed by atoms with Crippen LogP contribution >= 0.6 is 23.2 Å². The molecule has 0 spiro atoms. The van der Waals surface area contributed by atoms with Gasteiger partial charge in [-0.25, -0.2) is 0 Å². The van der Waals surface area contributed by atoms with E-state index in [2.05, 4.69) is 5.32 Å². The van der Waals surface area contributed by atoms with Crippen LogP contribution in [0.1, 0.15) is 10.4 Å². The number of hydrogen-bond donors (Lipinski definition) is 1. The molecule has 2 aromatic carbocycles. The van der Waals surface area contributed by atoms with Crippen molar-refractivity contribution < 1.29 is 4.79 Å². The molecule has 0 atom stereocenters. The molecule has 23 heavy (non-hydrogen) atoms. The second kappa shape index (κ2) is 6.07. The van der Waals surface area contributed by atoms with Gasteiger partial charge in [-0.1, -0.05) is 35.3 Å². The van der Waals surface area contributed by atoms with Gasteiger partial charge in [0.15, 0.2) is 0 Å². The molecular formula is C17H12Cl2N2O2. The molecule has 3 rings (SSSR count). The predicted octanol–water partition coefficient (Wildman–Crippen LogP) is 4.10. The number of nitrogens with zero attached hydrogens (tertiary/aromatic N) is 1. The summed E-state index contributed by atoms with van der Waals surface area (Å²) < 4.78 is 1.74. The van der Waals surface area contributed by atoms with E-state index in [1.54, 1.807) is 35.9 Å². The molecule has 0 saturated carbocycles. The molecule has 4 nitrogen and oxygen atoms in total. The molecule has 3 aromatic rings. The van der Waals surface area contributed by atoms with Crippen molar-refractivity contribution in [2.24, 2.45) is 7.05 Å². The van der Waals surface area contributed by atoms with Crippen molar-refractivity contribution >= 4 is 45.7 Å². The van der Waals surface area contributed by atoms with Crippen LogP contribution in [0.15, 0.2) is 53.5 Å². The lowest BCUT2D eigenvalue weighted by molar-refractivity contribution is 0.102. The maximum absolute atomic E-state index is 12.5. The standard InChI is InChI=1S/C17H12Cl2N2O2/c1-21-9-12(16(22)11-4-2-3-5-15(11)21)17(23)20-14-8-10(18)6-7-13(14)19/h2-9H,1H3,(H,20,23). The molecule has 0 aliphatic rings. The van der Waals surface area contributed by atoms with Crippen molar-refractivity contribution in [2.45, 2.75) is 0 Å². The topological polar surface area (TPSA) is 51.1 Å². The van der Waals surface area contributed by atoms with Gasteiger partial charge in [-0.3, -0.25) is 9.59 Å². The Hall–Kier alpha value is -2.30. The number of benzene rings is 2. The number of amides is 1. The zero-order valence-corrected chi connectivity index (χ0v) is 13.7. The second-order valence-electron chi connectivity index (χ2n) is 5.08. The molecule has 0 aliphatic heterocycles. The molecule has 1 amide bonds. The average Bonchev–Trinajstić information content (AvgIpc) is 2.54. The number of carbonyl (C=O) groups is 1. The van der Waals surface area contributed by atoms with Gasteiger partial charge in [-0.15, -0.1) is 0 Å². The quantitative estimate of drug-likeness (QED) is 0.759. The number of pyridine rings is 1. The Kier molecular flexibility index (Phi) is 4.11. The van der Waals surface area contributed by atoms with Crippen molar-refractivity contribution in [3.05, 3.63) is 74.5 Å². The molecular weight excluding hydrogens is 335 g/mol. The van der Waals surface area contributed by atoms with Gasteiger partial charge in [0.25, 0.3) is 5.91 Å². The number of fused-ring (bicyclic) bond motifs is 1. The first-order chi connectivity index (χ1) is 11.0. The van der Waals surface area contributed by atoms with Crippen molar-refractivity contribution in [2.75, 3.05) is 5.32 Å². The Morgan fingerprint density at radius 1 is 1.13 bits per heavy atom. The maximum atomic E-state index is 12.5. The highest BCUT2D eigenvalue weighted by Crippen LogP contribution is 2.25. The van der Waals surface area contributed by atoms with Gasteiger partial charge in [0.2, 0.25) is 5.43 Å². The summed E-state index contributed by atoms with van der Waals surface area (Å²) in [6.45, 7) is 0. The second-order valence-corrected chi connectivity index (χ2v) is 5.92. The van der Waals surface area contributed by atoms with Crippen LogP contribution in [0.5, 0.6) is 0 Å². The highest BCUT2D eigenvalue weighted by atomic mass is 35.5. The van der Waals surface area contributed by atoms with E-state index in [4.69, 9.17) is 23.2 Å². The van der Waals surface area contributed by atoms with Gasteiger partial charge in [-0.05, 0) is 30.3 Å². The van der Waals surface area contributed by atoms with Crippen molar-refractivity contribution in [3.8, 4) is 0 Å². The van der Waals surface area contributed by atoms with E-state index in [9.17, 15) is 9.59 Å². The highest BCUT2D eigenvalue weighted by molar-refractivity contribution is 6.35. The van der Waals surface area contributed by atoms with E-state index in [0.29, 0.717) is 21.1 Å². The van der Waals surface area contributed by atoms with Gasteiger partial charge in [0, 0.05) is 23.7 Å². The molecule has 1 N–H and O–H groups in total. The summed E-state index contributed by atoms with van der Waals surface area (Å²) in [5.74, 6) is -0.527. The van der Waals surface area contributed by atoms with Gasteiger partial charge < -0.3 is 9.88 Å². The van der Waals surface area contributed by atoms with Gasteiger partial charge in [-0.2, -0.15) is 0 Å². The minimum Gasteiger partial charge on any atom is -0.350 e. The summed E-state index contributed by atoms with van der Waals surface area (Å²) in [6.07, 6.45) is 1.51. The van der Waals surface area contributed by atoms with Crippen LogP contribution in [-0.4, -0.2) is 10.5 Å². The Bertz CT molecular complexity index is 980. The monoisotopic (exact) mass is 346 g/mol. The Morgan fingerprint density at radius 3 is 2.65 bits per heavy atom. The van der Waals surface area contributed by atoms with Crippen LogP contribution < -0.4 is 10.7 Å². The van der Waals surface area contributed by atoms with Crippen molar-refractivity contribution in [1.29, 1.82) is 0 Å². The number of nitrogens with one attached hydrogen (secondary N) is 1. The van der Waals surface area contributed by atoms with Crippen LogP contribution in [0.2, 0.25) is 10.0 Å². The van der Waals surface area contributed by atoms with E-state index in [0.717, 1.165) is 5.52 Å². The maximum Gasteiger partial charge on any atom is 0.261 e. The summed E-state index contributed by atoms with van der Waals surface area (Å²) in [4.78, 5) is 25.0. The minimum atomic E-state index is -0.527. The molecule has 0 radical (unpaired) electrons. The number of hydrogen-bond acceptors (Lipinski definition) is 2. The lowest BCUT2D eigenvalue weighted by atomic mass is 10.1. The Balaban J connectivity index is 2.06. The number of rotatable bonds is 2. The first-order valence-corrected chi connectivity index (χ1v) is 7.58. The first-order valence-electron chi connectivity index (χ1n) is 6.82. The average molecular weight is 347 g/mol. The zero-order chi connectivity index (χ0) is 16.6. The lowest BCUT2D eigenvalue weighted by Gasteiger charge is -2.10. The van der Waals surface area contributed by atoms with Crippen LogP contribution in [0.4, 0.5) is 5.69 Å².